The lowest BCUT2D eigenvalue weighted by Gasteiger charge is -2.17. The third kappa shape index (κ3) is 7.41. The fraction of sp³-hybridized carbons (Fsp3) is 0.267. The van der Waals surface area contributed by atoms with Crippen LogP contribution in [-0.2, 0) is 20.9 Å². The van der Waals surface area contributed by atoms with Crippen molar-refractivity contribution in [3.05, 3.63) is 83.9 Å². The Labute approximate surface area is 237 Å². The molecular weight excluding hydrogens is 530 g/mol. The van der Waals surface area contributed by atoms with Crippen LogP contribution in [0.4, 0.5) is 11.4 Å². The first-order valence-electron chi connectivity index (χ1n) is 12.9. The predicted molar refractivity (Wildman–Crippen MR) is 155 cm³/mol. The standard InChI is InChI=1S/C30H31N3O6S/c1-4-38-25-16-12-22(13-17-25)31-27(34)18-26-28(35)33(19-20-6-14-24(37-3)15-7-20)30(40-26)32-23-10-8-21(9-11-23)29(36)39-5-2/h6-17,26H,4-5,18-19H2,1-3H3,(H,31,34). The summed E-state index contributed by atoms with van der Waals surface area (Å²) in [6, 6.07) is 21.2. The summed E-state index contributed by atoms with van der Waals surface area (Å²) in [7, 11) is 1.59. The van der Waals surface area contributed by atoms with Gasteiger partial charge in [-0.25, -0.2) is 9.79 Å². The van der Waals surface area contributed by atoms with Gasteiger partial charge in [0.1, 0.15) is 16.7 Å². The number of nitrogens with zero attached hydrogens (tertiary/aromatic N) is 2. The van der Waals surface area contributed by atoms with Crippen molar-refractivity contribution in [1.29, 1.82) is 0 Å². The Hall–Kier alpha value is -4.31. The number of anilines is 1. The van der Waals surface area contributed by atoms with Gasteiger partial charge in [-0.15, -0.1) is 0 Å². The van der Waals surface area contributed by atoms with Gasteiger partial charge in [-0.2, -0.15) is 0 Å². The average Bonchev–Trinajstić information content (AvgIpc) is 3.23. The molecule has 0 bridgehead atoms. The van der Waals surface area contributed by atoms with Crippen LogP contribution in [0.25, 0.3) is 0 Å². The van der Waals surface area contributed by atoms with E-state index in [9.17, 15) is 14.4 Å². The van der Waals surface area contributed by atoms with Gasteiger partial charge in [0.25, 0.3) is 0 Å². The molecule has 40 heavy (non-hydrogen) atoms. The molecule has 1 aliphatic rings. The van der Waals surface area contributed by atoms with Crippen molar-refractivity contribution < 1.29 is 28.6 Å². The maximum Gasteiger partial charge on any atom is 0.338 e. The fourth-order valence-electron chi connectivity index (χ4n) is 3.96. The van der Waals surface area contributed by atoms with Crippen molar-refractivity contribution in [1.82, 2.24) is 4.90 Å². The summed E-state index contributed by atoms with van der Waals surface area (Å²) < 4.78 is 15.7. The third-order valence-electron chi connectivity index (χ3n) is 5.94. The number of thioether (sulfide) groups is 1. The van der Waals surface area contributed by atoms with Gasteiger partial charge in [0.15, 0.2) is 5.17 Å². The highest BCUT2D eigenvalue weighted by Crippen LogP contribution is 2.33. The Bertz CT molecular complexity index is 1360. The monoisotopic (exact) mass is 561 g/mol. The first-order valence-corrected chi connectivity index (χ1v) is 13.8. The first-order chi connectivity index (χ1) is 19.4. The number of rotatable bonds is 11. The minimum atomic E-state index is -0.640. The maximum absolute atomic E-state index is 13.5. The second-order valence-electron chi connectivity index (χ2n) is 8.75. The van der Waals surface area contributed by atoms with Gasteiger partial charge in [0, 0.05) is 12.1 Å². The Morgan fingerprint density at radius 1 is 0.925 bits per heavy atom. The lowest BCUT2D eigenvalue weighted by Crippen LogP contribution is -2.33. The molecule has 3 aromatic rings. The molecule has 0 spiro atoms. The summed E-state index contributed by atoms with van der Waals surface area (Å²) in [6.45, 7) is 4.78. The number of ether oxygens (including phenoxy) is 3. The molecule has 1 saturated heterocycles. The Balaban J connectivity index is 1.51. The van der Waals surface area contributed by atoms with E-state index in [-0.39, 0.29) is 31.4 Å². The van der Waals surface area contributed by atoms with Gasteiger partial charge in [-0.05, 0) is 80.1 Å². The van der Waals surface area contributed by atoms with Crippen LogP contribution in [0.1, 0.15) is 36.2 Å². The lowest BCUT2D eigenvalue weighted by atomic mass is 10.2. The van der Waals surface area contributed by atoms with E-state index in [1.807, 2.05) is 31.2 Å². The number of hydrogen-bond donors (Lipinski definition) is 1. The molecule has 208 valence electrons. The topological polar surface area (TPSA) is 107 Å². The molecule has 1 unspecified atom stereocenters. The quantitative estimate of drug-likeness (QED) is 0.311. The van der Waals surface area contributed by atoms with E-state index in [2.05, 4.69) is 5.32 Å². The normalized spacial score (nSPS) is 15.7. The fourth-order valence-corrected chi connectivity index (χ4v) is 5.12. The molecule has 0 saturated carbocycles. The number of nitrogens with one attached hydrogen (secondary N) is 1. The number of aliphatic imine (C=N–C) groups is 1. The zero-order chi connectivity index (χ0) is 28.5. The molecule has 1 atom stereocenters. The van der Waals surface area contributed by atoms with Gasteiger partial charge in [0.05, 0.1) is 38.1 Å². The highest BCUT2D eigenvalue weighted by Gasteiger charge is 2.39. The number of carbonyl (C=O) groups excluding carboxylic acids is 3. The SMILES string of the molecule is CCOC(=O)c1ccc(N=C2SC(CC(=O)Nc3ccc(OCC)cc3)C(=O)N2Cc2ccc(OC)cc2)cc1. The predicted octanol–water partition coefficient (Wildman–Crippen LogP) is 5.43. The summed E-state index contributed by atoms with van der Waals surface area (Å²) >= 11 is 1.24. The molecule has 0 radical (unpaired) electrons. The largest absolute Gasteiger partial charge is 0.497 e. The van der Waals surface area contributed by atoms with Crippen molar-refractivity contribution in [3.8, 4) is 11.5 Å². The molecule has 1 aliphatic heterocycles. The molecule has 1 fully saturated rings. The number of esters is 1. The Kier molecular flexibility index (Phi) is 9.80. The molecule has 0 aromatic heterocycles. The van der Waals surface area contributed by atoms with Crippen molar-refractivity contribution in [2.45, 2.75) is 32.1 Å². The molecule has 9 nitrogen and oxygen atoms in total. The molecule has 1 N–H and O–H groups in total. The minimum Gasteiger partial charge on any atom is -0.497 e. The van der Waals surface area contributed by atoms with Crippen LogP contribution in [0.5, 0.6) is 11.5 Å². The summed E-state index contributed by atoms with van der Waals surface area (Å²) in [5.74, 6) is 0.536. The molecule has 4 rings (SSSR count). The molecule has 0 aliphatic carbocycles. The second kappa shape index (κ2) is 13.7. The van der Waals surface area contributed by atoms with Gasteiger partial charge in [0.2, 0.25) is 11.8 Å². The van der Waals surface area contributed by atoms with Gasteiger partial charge < -0.3 is 19.5 Å². The van der Waals surface area contributed by atoms with E-state index in [1.165, 1.54) is 11.8 Å². The van der Waals surface area contributed by atoms with E-state index >= 15 is 0 Å². The number of carbonyl (C=O) groups is 3. The van der Waals surface area contributed by atoms with Crippen LogP contribution in [0.2, 0.25) is 0 Å². The van der Waals surface area contributed by atoms with Crippen LogP contribution >= 0.6 is 11.8 Å². The van der Waals surface area contributed by atoms with Crippen LogP contribution in [0.15, 0.2) is 77.8 Å². The number of amides is 2. The number of hydrogen-bond acceptors (Lipinski definition) is 8. The average molecular weight is 562 g/mol. The van der Waals surface area contributed by atoms with Crippen LogP contribution < -0.4 is 14.8 Å². The number of benzene rings is 3. The second-order valence-corrected chi connectivity index (χ2v) is 9.92. The zero-order valence-electron chi connectivity index (χ0n) is 22.6. The zero-order valence-corrected chi connectivity index (χ0v) is 23.4. The van der Waals surface area contributed by atoms with Gasteiger partial charge in [-0.3, -0.25) is 14.5 Å². The summed E-state index contributed by atoms with van der Waals surface area (Å²) in [5.41, 5.74) is 2.50. The highest BCUT2D eigenvalue weighted by molar-refractivity contribution is 8.15. The van der Waals surface area contributed by atoms with E-state index in [1.54, 1.807) is 67.5 Å². The van der Waals surface area contributed by atoms with Gasteiger partial charge >= 0.3 is 5.97 Å². The number of amidine groups is 1. The van der Waals surface area contributed by atoms with Crippen molar-refractivity contribution in [2.24, 2.45) is 4.99 Å². The van der Waals surface area contributed by atoms with E-state index in [0.29, 0.717) is 40.2 Å². The van der Waals surface area contributed by atoms with Crippen LogP contribution in [0.3, 0.4) is 0 Å². The summed E-state index contributed by atoms with van der Waals surface area (Å²) in [6.07, 6.45) is -0.0172. The Morgan fingerprint density at radius 2 is 1.60 bits per heavy atom. The van der Waals surface area contributed by atoms with Crippen molar-refractivity contribution in [3.63, 3.8) is 0 Å². The van der Waals surface area contributed by atoms with Crippen LogP contribution in [0, 0.1) is 0 Å². The maximum atomic E-state index is 13.5. The van der Waals surface area contributed by atoms with Crippen LogP contribution in [-0.4, -0.2) is 53.4 Å². The lowest BCUT2D eigenvalue weighted by molar-refractivity contribution is -0.128. The first kappa shape index (κ1) is 28.7. The summed E-state index contributed by atoms with van der Waals surface area (Å²) in [5, 5.41) is 2.69. The van der Waals surface area contributed by atoms with Crippen molar-refractivity contribution in [2.75, 3.05) is 25.6 Å². The molecular formula is C30H31N3O6S. The van der Waals surface area contributed by atoms with Gasteiger partial charge in [-0.1, -0.05) is 23.9 Å². The van der Waals surface area contributed by atoms with Crippen molar-refractivity contribution >= 4 is 46.1 Å². The number of methoxy groups -OCH3 is 1. The third-order valence-corrected chi connectivity index (χ3v) is 7.12. The smallest absolute Gasteiger partial charge is 0.338 e. The summed E-state index contributed by atoms with van der Waals surface area (Å²) in [4.78, 5) is 44.6. The van der Waals surface area contributed by atoms with E-state index in [0.717, 1.165) is 5.56 Å². The molecule has 2 amide bonds. The van der Waals surface area contributed by atoms with E-state index in [4.69, 9.17) is 19.2 Å². The highest BCUT2D eigenvalue weighted by atomic mass is 32.2. The molecule has 10 heteroatoms. The molecule has 1 heterocycles. The minimum absolute atomic E-state index is 0.0172. The molecule has 3 aromatic carbocycles. The Morgan fingerprint density at radius 3 is 2.23 bits per heavy atom. The van der Waals surface area contributed by atoms with E-state index < -0.39 is 11.2 Å².